The van der Waals surface area contributed by atoms with E-state index >= 15 is 0 Å². The molecule has 0 amide bonds. The molecule has 0 atom stereocenters. The molecule has 0 spiro atoms. The highest BCUT2D eigenvalue weighted by molar-refractivity contribution is 7.91. The van der Waals surface area contributed by atoms with Gasteiger partial charge in [0.25, 0.3) is 0 Å². The number of rotatable bonds is 7. The molecular formula is C14H18N2O2S2. The Labute approximate surface area is 123 Å². The van der Waals surface area contributed by atoms with E-state index in [0.29, 0.717) is 23.5 Å². The predicted octanol–water partition coefficient (Wildman–Crippen LogP) is 2.98. The molecule has 2 rings (SSSR count). The molecule has 0 aliphatic carbocycles. The molecule has 1 aromatic carbocycles. The van der Waals surface area contributed by atoms with Gasteiger partial charge in [-0.15, -0.1) is 11.3 Å². The maximum absolute atomic E-state index is 12.2. The van der Waals surface area contributed by atoms with E-state index in [9.17, 15) is 8.42 Å². The molecule has 0 aliphatic rings. The number of thiazole rings is 1. The lowest BCUT2D eigenvalue weighted by atomic mass is 10.3. The number of nitrogens with one attached hydrogen (secondary N) is 1. The van der Waals surface area contributed by atoms with Gasteiger partial charge in [-0.1, -0.05) is 19.1 Å². The fraction of sp³-hybridized carbons (Fsp3) is 0.357. The smallest absolute Gasteiger partial charge is 0.180 e. The standard InChI is InChI=1S/C14H18N2O2S2/c1-2-11-20(17,18)13-6-4-3-5-12(13)15-8-7-14-16-9-10-19-14/h3-6,9-10,15H,2,7-8,11H2,1H3. The summed E-state index contributed by atoms with van der Waals surface area (Å²) in [5.41, 5.74) is 0.678. The Morgan fingerprint density at radius 1 is 1.30 bits per heavy atom. The lowest BCUT2D eigenvalue weighted by Gasteiger charge is -2.11. The Morgan fingerprint density at radius 2 is 2.10 bits per heavy atom. The van der Waals surface area contributed by atoms with Crippen LogP contribution in [-0.4, -0.2) is 25.7 Å². The molecule has 20 heavy (non-hydrogen) atoms. The van der Waals surface area contributed by atoms with Crippen LogP contribution in [0.4, 0.5) is 5.69 Å². The number of nitrogens with zero attached hydrogens (tertiary/aromatic N) is 1. The lowest BCUT2D eigenvalue weighted by molar-refractivity contribution is 0.595. The minimum absolute atomic E-state index is 0.179. The molecule has 0 unspecified atom stereocenters. The van der Waals surface area contributed by atoms with Gasteiger partial charge in [-0.25, -0.2) is 13.4 Å². The summed E-state index contributed by atoms with van der Waals surface area (Å²) in [4.78, 5) is 4.60. The fourth-order valence-corrected chi connectivity index (χ4v) is 4.08. The number of hydrogen-bond acceptors (Lipinski definition) is 5. The summed E-state index contributed by atoms with van der Waals surface area (Å²) in [6, 6.07) is 7.08. The van der Waals surface area contributed by atoms with E-state index < -0.39 is 9.84 Å². The predicted molar refractivity (Wildman–Crippen MR) is 83.1 cm³/mol. The minimum atomic E-state index is -3.20. The van der Waals surface area contributed by atoms with Gasteiger partial charge in [0, 0.05) is 24.5 Å². The maximum atomic E-state index is 12.2. The molecule has 0 aliphatic heterocycles. The average molecular weight is 310 g/mol. The van der Waals surface area contributed by atoms with Crippen molar-refractivity contribution in [1.82, 2.24) is 4.98 Å². The highest BCUT2D eigenvalue weighted by Gasteiger charge is 2.16. The Morgan fingerprint density at radius 3 is 2.80 bits per heavy atom. The Balaban J connectivity index is 2.08. The lowest BCUT2D eigenvalue weighted by Crippen LogP contribution is -2.12. The third-order valence-electron chi connectivity index (χ3n) is 2.83. The van der Waals surface area contributed by atoms with Gasteiger partial charge in [-0.2, -0.15) is 0 Å². The third-order valence-corrected chi connectivity index (χ3v) is 5.64. The fourth-order valence-electron chi connectivity index (χ4n) is 1.94. The summed E-state index contributed by atoms with van der Waals surface area (Å²) in [5.74, 6) is 0.179. The van der Waals surface area contributed by atoms with Crippen molar-refractivity contribution in [3.8, 4) is 0 Å². The summed E-state index contributed by atoms with van der Waals surface area (Å²) in [7, 11) is -3.20. The van der Waals surface area contributed by atoms with Gasteiger partial charge in [-0.05, 0) is 18.6 Å². The molecule has 6 heteroatoms. The largest absolute Gasteiger partial charge is 0.384 e. The Hall–Kier alpha value is -1.40. The van der Waals surface area contributed by atoms with E-state index in [0.717, 1.165) is 11.4 Å². The number of anilines is 1. The summed E-state index contributed by atoms with van der Waals surface area (Å²) in [6.45, 7) is 2.54. The normalized spacial score (nSPS) is 11.4. The maximum Gasteiger partial charge on any atom is 0.180 e. The number of sulfone groups is 1. The molecule has 0 saturated heterocycles. The van der Waals surface area contributed by atoms with Gasteiger partial charge >= 0.3 is 0 Å². The molecule has 108 valence electrons. The van der Waals surface area contributed by atoms with Crippen LogP contribution in [0.1, 0.15) is 18.4 Å². The monoisotopic (exact) mass is 310 g/mol. The quantitative estimate of drug-likeness (QED) is 0.854. The van der Waals surface area contributed by atoms with Crippen LogP contribution in [0, 0.1) is 0 Å². The van der Waals surface area contributed by atoms with E-state index in [-0.39, 0.29) is 5.75 Å². The average Bonchev–Trinajstić information content (AvgIpc) is 2.92. The molecule has 0 radical (unpaired) electrons. The van der Waals surface area contributed by atoms with Crippen molar-refractivity contribution in [3.63, 3.8) is 0 Å². The summed E-state index contributed by atoms with van der Waals surface area (Å²) in [5, 5.41) is 6.19. The zero-order chi connectivity index (χ0) is 14.4. The topological polar surface area (TPSA) is 59.1 Å². The van der Waals surface area contributed by atoms with Gasteiger partial charge in [0.1, 0.15) is 0 Å². The summed E-state index contributed by atoms with van der Waals surface area (Å²) in [6.07, 6.45) is 3.19. The SMILES string of the molecule is CCCS(=O)(=O)c1ccccc1NCCc1nccs1. The van der Waals surface area contributed by atoms with Crippen molar-refractivity contribution < 1.29 is 8.42 Å². The molecule has 1 aromatic heterocycles. The molecule has 1 N–H and O–H groups in total. The Bertz CT molecular complexity index is 637. The molecule has 1 heterocycles. The van der Waals surface area contributed by atoms with Gasteiger partial charge in [-0.3, -0.25) is 0 Å². The first kappa shape index (κ1) is 15.0. The molecule has 0 saturated carbocycles. The third kappa shape index (κ3) is 3.80. The molecule has 0 fully saturated rings. The number of aromatic nitrogens is 1. The van der Waals surface area contributed by atoms with E-state index in [2.05, 4.69) is 10.3 Å². The number of benzene rings is 1. The van der Waals surface area contributed by atoms with E-state index in [1.165, 1.54) is 0 Å². The molecule has 4 nitrogen and oxygen atoms in total. The summed E-state index contributed by atoms with van der Waals surface area (Å²) < 4.78 is 24.4. The van der Waals surface area contributed by atoms with E-state index in [1.807, 2.05) is 24.4 Å². The van der Waals surface area contributed by atoms with Crippen LogP contribution in [-0.2, 0) is 16.3 Å². The van der Waals surface area contributed by atoms with Crippen LogP contribution >= 0.6 is 11.3 Å². The van der Waals surface area contributed by atoms with Crippen molar-refractivity contribution >= 4 is 26.9 Å². The zero-order valence-corrected chi connectivity index (χ0v) is 13.0. The molecule has 2 aromatic rings. The van der Waals surface area contributed by atoms with Crippen LogP contribution < -0.4 is 5.32 Å². The first-order chi connectivity index (χ1) is 9.63. The minimum Gasteiger partial charge on any atom is -0.384 e. The van der Waals surface area contributed by atoms with Gasteiger partial charge < -0.3 is 5.32 Å². The van der Waals surface area contributed by atoms with Crippen molar-refractivity contribution in [2.24, 2.45) is 0 Å². The van der Waals surface area contributed by atoms with Crippen LogP contribution in [0.2, 0.25) is 0 Å². The Kier molecular flexibility index (Phi) is 5.14. The van der Waals surface area contributed by atoms with E-state index in [1.54, 1.807) is 29.7 Å². The van der Waals surface area contributed by atoms with Crippen LogP contribution in [0.5, 0.6) is 0 Å². The second-order valence-corrected chi connectivity index (χ2v) is 7.47. The second-order valence-electron chi connectivity index (χ2n) is 4.42. The first-order valence-electron chi connectivity index (χ1n) is 6.57. The highest BCUT2D eigenvalue weighted by Crippen LogP contribution is 2.22. The van der Waals surface area contributed by atoms with Crippen LogP contribution in [0.25, 0.3) is 0 Å². The van der Waals surface area contributed by atoms with Crippen molar-refractivity contribution in [1.29, 1.82) is 0 Å². The summed E-state index contributed by atoms with van der Waals surface area (Å²) >= 11 is 1.61. The van der Waals surface area contributed by atoms with Crippen molar-refractivity contribution in [2.75, 3.05) is 17.6 Å². The van der Waals surface area contributed by atoms with Crippen LogP contribution in [0.15, 0.2) is 40.7 Å². The van der Waals surface area contributed by atoms with E-state index in [4.69, 9.17) is 0 Å². The number of hydrogen-bond donors (Lipinski definition) is 1. The highest BCUT2D eigenvalue weighted by atomic mass is 32.2. The van der Waals surface area contributed by atoms with Gasteiger partial charge in [0.05, 0.1) is 21.3 Å². The zero-order valence-electron chi connectivity index (χ0n) is 11.4. The molecule has 0 bridgehead atoms. The van der Waals surface area contributed by atoms with Gasteiger partial charge in [0.15, 0.2) is 9.84 Å². The molecular weight excluding hydrogens is 292 g/mol. The van der Waals surface area contributed by atoms with Crippen LogP contribution in [0.3, 0.4) is 0 Å². The van der Waals surface area contributed by atoms with Crippen molar-refractivity contribution in [3.05, 3.63) is 40.8 Å². The van der Waals surface area contributed by atoms with Gasteiger partial charge in [0.2, 0.25) is 0 Å². The first-order valence-corrected chi connectivity index (χ1v) is 9.10. The second kappa shape index (κ2) is 6.85. The van der Waals surface area contributed by atoms with Crippen molar-refractivity contribution in [2.45, 2.75) is 24.7 Å². The number of para-hydroxylation sites is 1.